The van der Waals surface area contributed by atoms with Crippen LogP contribution in [0.4, 0.5) is 11.4 Å². The summed E-state index contributed by atoms with van der Waals surface area (Å²) >= 11 is 0. The average Bonchev–Trinajstić information content (AvgIpc) is 1.63. The van der Waals surface area contributed by atoms with Gasteiger partial charge in [-0.3, -0.25) is 29.2 Å². The van der Waals surface area contributed by atoms with Gasteiger partial charge in [-0.1, -0.05) is 95.5 Å². The van der Waals surface area contributed by atoms with Crippen LogP contribution in [-0.4, -0.2) is 166 Å². The molecule has 8 heterocycles. The van der Waals surface area contributed by atoms with E-state index in [9.17, 15) is 32.1 Å². The maximum atomic E-state index is 13.9. The van der Waals surface area contributed by atoms with Gasteiger partial charge in [0.15, 0.2) is 23.0 Å². The van der Waals surface area contributed by atoms with Gasteiger partial charge in [0.25, 0.3) is 23.6 Å². The quantitative estimate of drug-likeness (QED) is 0.0285. The molecule has 8 aliphatic rings. The summed E-state index contributed by atoms with van der Waals surface area (Å²) in [7, 11) is -1.57. The Kier molecular flexibility index (Phi) is 27.2. The third-order valence-electron chi connectivity index (χ3n) is 21.5. The summed E-state index contributed by atoms with van der Waals surface area (Å²) in [6.07, 6.45) is 17.3. The van der Waals surface area contributed by atoms with E-state index in [4.69, 9.17) is 60.5 Å². The van der Waals surface area contributed by atoms with Crippen molar-refractivity contribution in [1.82, 2.24) is 19.6 Å². The van der Waals surface area contributed by atoms with Crippen LogP contribution in [0, 0.1) is 34.1 Å². The normalized spacial score (nSPS) is 18.4. The molecule has 8 aromatic rings. The fraction of sp³-hybridized carbons (Fsp3) is 0.284. The van der Waals surface area contributed by atoms with Gasteiger partial charge in [0.1, 0.15) is 23.0 Å². The van der Waals surface area contributed by atoms with Crippen LogP contribution in [-0.2, 0) is 33.6 Å². The molecule has 0 bridgehead atoms. The zero-order valence-electron chi connectivity index (χ0n) is 66.1. The Hall–Kier alpha value is -10.1. The second kappa shape index (κ2) is 37.0. The van der Waals surface area contributed by atoms with Gasteiger partial charge in [0, 0.05) is 86.2 Å². The first kappa shape index (κ1) is 85.2. The van der Waals surface area contributed by atoms with E-state index in [1.807, 2.05) is 104 Å². The maximum absolute atomic E-state index is 13.9. The molecule has 1 unspecified atom stereocenters. The molecule has 116 heavy (non-hydrogen) atoms. The van der Waals surface area contributed by atoms with E-state index in [-0.39, 0.29) is 120 Å². The standard InChI is InChI=1S/C45H45N2O9S.C43H40N4O6.2Na.O3S/c1-27-6-8-29(9-7-27)33-19-35-13-10-31-21-42(41(54-4)24-38(31)44(48)46(35)25-33)56-17-5-16-55-40-22-32-23-43(57(50,51)52)39-20-34(30-11-14-36(53-3)15-12-30)26-47(39)45(49)37(32)18-28(40)2;1-26-6-8-28(9-7-26)30-17-33-23-45-38-21-41(40(51-4)19-36(38)43(49)47(33)24-30)53-15-5-14-52-39-20-37-35(16-27(39)2)42(48)46-25-31(18-32(46)22-44-37)29-10-12-34(50-3)13-11-29;;;1-4(2)3/h6-9,11-15,18,21-22,24-26,35,39,43H,5,10,16-17,19-20,23H2,1-4H3,(H,50,51,52);6-13,16,19-25,32-33H,5,14-15,17-18H2,1-4H3;;;/q-1;;2*+1;/p-1/t35-,39+,43?;32-,33-;;;/m10.../s1. The number of aryl methyl sites for hydroxylation is 4. The van der Waals surface area contributed by atoms with E-state index < -0.39 is 32.0 Å². The molecule has 0 N–H and O–H groups in total. The molecule has 5 atom stereocenters. The molecule has 0 aromatic heterocycles. The maximum Gasteiger partial charge on any atom is 1.00 e. The van der Waals surface area contributed by atoms with Crippen molar-refractivity contribution in [2.75, 3.05) is 54.9 Å². The van der Waals surface area contributed by atoms with E-state index in [1.54, 1.807) is 86.9 Å². The van der Waals surface area contributed by atoms with E-state index in [2.05, 4.69) is 68.8 Å². The molecule has 8 aliphatic heterocycles. The third-order valence-corrected chi connectivity index (χ3v) is 22.7. The van der Waals surface area contributed by atoms with Gasteiger partial charge < -0.3 is 68.5 Å². The summed E-state index contributed by atoms with van der Waals surface area (Å²) in [6.45, 7) is 9.18. The molecule has 0 saturated heterocycles. The number of benzene rings is 8. The SMILES string of the molecule is COc1ccc(C2=CN3C(=O)c4cc(C)c(OCCCOc5cc6c(cc5OC)C(=O)N5C=C(c7ccc(C)cc7)C[C@H]5C=N6)cc4N=C[C@@H]3C2)cc1.COc1ccc(C2=CN3C(=O)c4cc(C)c(OCCCOc5cc6c(cc5OC)C(=O)N5C=C(c7ccc(C)cc7)C[C@H]5[CH-]C6)cc4CC(S(=O)(=O)[O-])[C@@H]3C2)cc1.O=S(=O)=O.[Na+].[Na+]. The number of carbonyl (C=O) groups is 4. The average molecular weight is 1620 g/mol. The summed E-state index contributed by atoms with van der Waals surface area (Å²) in [6, 6.07) is 44.9. The van der Waals surface area contributed by atoms with Gasteiger partial charge in [-0.2, -0.15) is 6.42 Å². The van der Waals surface area contributed by atoms with Gasteiger partial charge in [-0.25, -0.2) is 8.42 Å². The number of amides is 4. The summed E-state index contributed by atoms with van der Waals surface area (Å²) in [5.41, 5.74) is 16.5. The molecule has 4 amide bonds. The molecule has 24 nitrogen and oxygen atoms in total. The smallest absolute Gasteiger partial charge is 0.748 e. The van der Waals surface area contributed by atoms with Crippen LogP contribution in [0.5, 0.6) is 46.0 Å². The van der Waals surface area contributed by atoms with Crippen LogP contribution in [0.3, 0.4) is 0 Å². The van der Waals surface area contributed by atoms with Crippen molar-refractivity contribution >= 4 is 90.5 Å². The summed E-state index contributed by atoms with van der Waals surface area (Å²) in [5.74, 6) is 3.96. The Bertz CT molecular complexity index is 5560. The number of methoxy groups -OCH3 is 4. The minimum Gasteiger partial charge on any atom is -0.748 e. The van der Waals surface area contributed by atoms with Gasteiger partial charge in [-0.15, -0.1) is 12.6 Å². The molecule has 0 radical (unpaired) electrons. The molecule has 0 fully saturated rings. The topological polar surface area (TPSA) is 288 Å². The van der Waals surface area contributed by atoms with Gasteiger partial charge in [0.2, 0.25) is 0 Å². The molecule has 0 saturated carbocycles. The third kappa shape index (κ3) is 18.6. The Morgan fingerprint density at radius 2 is 0.802 bits per heavy atom. The van der Waals surface area contributed by atoms with Crippen molar-refractivity contribution in [2.24, 2.45) is 9.98 Å². The number of fused-ring (bicyclic) bond motifs is 8. The van der Waals surface area contributed by atoms with E-state index in [1.165, 1.54) is 16.0 Å². The van der Waals surface area contributed by atoms with E-state index >= 15 is 0 Å². The number of nitrogens with zero attached hydrogens (tertiary/aromatic N) is 6. The first-order valence-corrected chi connectivity index (χ1v) is 39.8. The van der Waals surface area contributed by atoms with Crippen molar-refractivity contribution in [2.45, 2.75) is 108 Å². The first-order chi connectivity index (χ1) is 54.9. The van der Waals surface area contributed by atoms with Crippen molar-refractivity contribution in [3.63, 3.8) is 0 Å². The van der Waals surface area contributed by atoms with Crippen molar-refractivity contribution in [3.05, 3.63) is 255 Å². The minimum absolute atomic E-state index is 0. The minimum atomic E-state index is -4.78. The van der Waals surface area contributed by atoms with Crippen LogP contribution in [0.25, 0.3) is 22.3 Å². The molecule has 588 valence electrons. The Labute approximate surface area is 719 Å². The zero-order valence-corrected chi connectivity index (χ0v) is 71.8. The van der Waals surface area contributed by atoms with Crippen molar-refractivity contribution in [3.8, 4) is 46.0 Å². The van der Waals surface area contributed by atoms with Crippen LogP contribution < -0.4 is 97.0 Å². The summed E-state index contributed by atoms with van der Waals surface area (Å²) in [5, 5.41) is -1.34. The fourth-order valence-electron chi connectivity index (χ4n) is 15.4. The molecular weight excluding hydrogens is 1540 g/mol. The number of ether oxygens (including phenoxy) is 8. The second-order valence-corrected chi connectivity index (χ2v) is 30.9. The van der Waals surface area contributed by atoms with E-state index in [0.717, 1.165) is 67.8 Å². The predicted molar refractivity (Wildman–Crippen MR) is 429 cm³/mol. The summed E-state index contributed by atoms with van der Waals surface area (Å²) in [4.78, 5) is 71.3. The molecule has 0 aliphatic carbocycles. The largest absolute Gasteiger partial charge is 1.00 e. The zero-order chi connectivity index (χ0) is 80.2. The van der Waals surface area contributed by atoms with Crippen LogP contribution in [0.2, 0.25) is 0 Å². The number of carbonyl (C=O) groups excluding carboxylic acids is 4. The van der Waals surface area contributed by atoms with Crippen LogP contribution >= 0.6 is 0 Å². The molecule has 16 rings (SSSR count). The first-order valence-electron chi connectivity index (χ1n) is 37.4. The van der Waals surface area contributed by atoms with Crippen molar-refractivity contribution in [1.29, 1.82) is 0 Å². The Morgan fingerprint density at radius 3 is 1.28 bits per heavy atom. The van der Waals surface area contributed by atoms with Gasteiger partial charge >= 0.3 is 69.7 Å². The number of hydrogen-bond acceptors (Lipinski definition) is 20. The monoisotopic (exact) mass is 1620 g/mol. The van der Waals surface area contributed by atoms with E-state index in [0.29, 0.717) is 137 Å². The predicted octanol–water partition coefficient (Wildman–Crippen LogP) is 8.03. The molecule has 8 aromatic carbocycles. The molecule has 0 spiro atoms. The molecule has 28 heteroatoms. The number of hydrogen-bond donors (Lipinski definition) is 0. The Morgan fingerprint density at radius 1 is 0.431 bits per heavy atom. The Balaban J connectivity index is 0.000000202. The van der Waals surface area contributed by atoms with Crippen LogP contribution in [0.1, 0.15) is 136 Å². The molecular formula is C88H84N6Na2O18S2. The van der Waals surface area contributed by atoms with Crippen molar-refractivity contribution < 1.29 is 142 Å². The second-order valence-electron chi connectivity index (χ2n) is 28.9. The fourth-order valence-corrected chi connectivity index (χ4v) is 16.4. The number of aliphatic imine (C=N–C) groups is 2. The number of rotatable bonds is 21. The van der Waals surface area contributed by atoms with Gasteiger partial charge in [-0.05, 0) is 169 Å². The van der Waals surface area contributed by atoms with Crippen LogP contribution in [0.15, 0.2) is 180 Å². The van der Waals surface area contributed by atoms with Gasteiger partial charge in [0.05, 0.1) is 111 Å². The summed E-state index contributed by atoms with van der Waals surface area (Å²) < 4.78 is 110.